The van der Waals surface area contributed by atoms with E-state index in [4.69, 9.17) is 0 Å². The van der Waals surface area contributed by atoms with Crippen LogP contribution in [0.4, 0.5) is 0 Å². The SMILES string of the molecule is CC1(C)c2cccc3c4ccc(-c5cccc(-c6ccc7ccc8cccc9ccc6c7c89)c5)cc4c4cccc1c4c23. The van der Waals surface area contributed by atoms with E-state index in [0.29, 0.717) is 0 Å². The average Bonchev–Trinajstić information content (AvgIpc) is 3.30. The van der Waals surface area contributed by atoms with Gasteiger partial charge in [-0.05, 0) is 110 Å². The first kappa shape index (κ1) is 23.4. The normalized spacial score (nSPS) is 14.0. The molecule has 0 aliphatic heterocycles. The lowest BCUT2D eigenvalue weighted by molar-refractivity contribution is 0.663. The largest absolute Gasteiger partial charge is 0.0613 e. The average molecular weight is 545 g/mol. The first-order valence-electron chi connectivity index (χ1n) is 15.3. The van der Waals surface area contributed by atoms with Crippen molar-refractivity contribution >= 4 is 64.6 Å². The third-order valence-corrected chi connectivity index (χ3v) is 10.4. The molecule has 10 rings (SSSR count). The lowest BCUT2D eigenvalue weighted by atomic mass is 9.82. The molecule has 9 aromatic carbocycles. The smallest absolute Gasteiger partial charge is 0.0159 e. The first-order chi connectivity index (χ1) is 21.1. The molecule has 0 heteroatoms. The number of hydrogen-bond acceptors (Lipinski definition) is 0. The summed E-state index contributed by atoms with van der Waals surface area (Å²) in [5.41, 5.74) is 7.95. The van der Waals surface area contributed by atoms with E-state index in [-0.39, 0.29) is 5.41 Å². The van der Waals surface area contributed by atoms with E-state index in [9.17, 15) is 0 Å². The van der Waals surface area contributed by atoms with Crippen LogP contribution in [0.15, 0.2) is 133 Å². The Morgan fingerprint density at radius 1 is 0.349 bits per heavy atom. The number of fused-ring (bicyclic) bond motifs is 3. The third kappa shape index (κ3) is 2.96. The van der Waals surface area contributed by atoms with Crippen molar-refractivity contribution in [3.63, 3.8) is 0 Å². The van der Waals surface area contributed by atoms with Gasteiger partial charge in [0.1, 0.15) is 0 Å². The van der Waals surface area contributed by atoms with Crippen LogP contribution >= 0.6 is 0 Å². The maximum Gasteiger partial charge on any atom is 0.0159 e. The fourth-order valence-electron chi connectivity index (χ4n) is 8.31. The summed E-state index contributed by atoms with van der Waals surface area (Å²) in [4.78, 5) is 0. The van der Waals surface area contributed by atoms with Gasteiger partial charge in [0.05, 0.1) is 0 Å². The Morgan fingerprint density at radius 3 is 1.67 bits per heavy atom. The van der Waals surface area contributed by atoms with Gasteiger partial charge in [0.25, 0.3) is 0 Å². The molecule has 1 aliphatic rings. The van der Waals surface area contributed by atoms with E-state index in [1.54, 1.807) is 0 Å². The molecular formula is C43H28. The summed E-state index contributed by atoms with van der Waals surface area (Å²) in [7, 11) is 0. The van der Waals surface area contributed by atoms with E-state index < -0.39 is 0 Å². The molecule has 0 N–H and O–H groups in total. The summed E-state index contributed by atoms with van der Waals surface area (Å²) in [5.74, 6) is 0. The van der Waals surface area contributed by atoms with Gasteiger partial charge in [-0.25, -0.2) is 0 Å². The van der Waals surface area contributed by atoms with Crippen LogP contribution in [0.25, 0.3) is 86.9 Å². The van der Waals surface area contributed by atoms with Crippen molar-refractivity contribution in [2.75, 3.05) is 0 Å². The maximum atomic E-state index is 2.43. The molecule has 0 spiro atoms. The molecule has 1 aliphatic carbocycles. The zero-order valence-electron chi connectivity index (χ0n) is 24.2. The fraction of sp³-hybridized carbons (Fsp3) is 0.0698. The highest BCUT2D eigenvalue weighted by Gasteiger charge is 2.34. The van der Waals surface area contributed by atoms with Crippen molar-refractivity contribution in [1.29, 1.82) is 0 Å². The van der Waals surface area contributed by atoms with E-state index in [1.807, 2.05) is 0 Å². The maximum absolute atomic E-state index is 2.43. The second-order valence-electron chi connectivity index (χ2n) is 12.9. The molecule has 0 nitrogen and oxygen atoms in total. The van der Waals surface area contributed by atoms with E-state index in [0.717, 1.165) is 0 Å². The van der Waals surface area contributed by atoms with Crippen LogP contribution in [-0.2, 0) is 5.41 Å². The molecule has 0 radical (unpaired) electrons. The van der Waals surface area contributed by atoms with Crippen molar-refractivity contribution in [3.8, 4) is 22.3 Å². The highest BCUT2D eigenvalue weighted by atomic mass is 14.4. The van der Waals surface area contributed by atoms with Crippen LogP contribution < -0.4 is 0 Å². The van der Waals surface area contributed by atoms with Gasteiger partial charge in [0.15, 0.2) is 0 Å². The molecule has 0 bridgehead atoms. The molecule has 43 heavy (non-hydrogen) atoms. The number of rotatable bonds is 2. The molecule has 0 aromatic heterocycles. The minimum atomic E-state index is 0.0105. The third-order valence-electron chi connectivity index (χ3n) is 10.4. The summed E-state index contributed by atoms with van der Waals surface area (Å²) < 4.78 is 0. The summed E-state index contributed by atoms with van der Waals surface area (Å²) in [5, 5.41) is 16.2. The zero-order chi connectivity index (χ0) is 28.4. The summed E-state index contributed by atoms with van der Waals surface area (Å²) in [6, 6.07) is 50.3. The molecule has 0 saturated heterocycles. The second kappa shape index (κ2) is 8.00. The highest BCUT2D eigenvalue weighted by Crippen LogP contribution is 2.51. The number of hydrogen-bond donors (Lipinski definition) is 0. The Bertz CT molecular complexity index is 2620. The van der Waals surface area contributed by atoms with E-state index in [2.05, 4.69) is 147 Å². The van der Waals surface area contributed by atoms with Crippen LogP contribution in [0.1, 0.15) is 25.0 Å². The van der Waals surface area contributed by atoms with E-state index in [1.165, 1.54) is 98.0 Å². The minimum absolute atomic E-state index is 0.0105. The zero-order valence-corrected chi connectivity index (χ0v) is 24.2. The predicted molar refractivity (Wildman–Crippen MR) is 186 cm³/mol. The standard InChI is InChI=1S/C43H28/c1-43(2)37-13-5-11-33-32-21-19-29(24-36(32)34-12-6-14-38(43)42(34)41(33)37)28-9-4-10-30(23-28)31-20-17-27-16-15-25-7-3-8-26-18-22-35(31)40(27)39(25)26/h3-24H,1-2H3. The molecule has 0 heterocycles. The quantitative estimate of drug-likeness (QED) is 0.190. The molecule has 9 aromatic rings. The Kier molecular flexibility index (Phi) is 4.35. The minimum Gasteiger partial charge on any atom is -0.0613 e. The Morgan fingerprint density at radius 2 is 0.907 bits per heavy atom. The first-order valence-corrected chi connectivity index (χ1v) is 15.3. The van der Waals surface area contributed by atoms with Gasteiger partial charge in [0, 0.05) is 5.41 Å². The van der Waals surface area contributed by atoms with Crippen molar-refractivity contribution in [3.05, 3.63) is 145 Å². The van der Waals surface area contributed by atoms with Gasteiger partial charge < -0.3 is 0 Å². The Balaban J connectivity index is 1.20. The monoisotopic (exact) mass is 544 g/mol. The van der Waals surface area contributed by atoms with Gasteiger partial charge in [-0.1, -0.05) is 135 Å². The van der Waals surface area contributed by atoms with Gasteiger partial charge >= 0.3 is 0 Å². The summed E-state index contributed by atoms with van der Waals surface area (Å²) in [6.45, 7) is 4.74. The molecular weight excluding hydrogens is 516 g/mol. The fourth-order valence-corrected chi connectivity index (χ4v) is 8.31. The lowest BCUT2D eigenvalue weighted by Crippen LogP contribution is -2.14. The van der Waals surface area contributed by atoms with Gasteiger partial charge in [0.2, 0.25) is 0 Å². The van der Waals surface area contributed by atoms with E-state index >= 15 is 0 Å². The lowest BCUT2D eigenvalue weighted by Gasteiger charge is -2.21. The molecule has 0 saturated carbocycles. The molecule has 0 amide bonds. The predicted octanol–water partition coefficient (Wildman–Crippen LogP) is 12.0. The van der Waals surface area contributed by atoms with Crippen LogP contribution in [0, 0.1) is 0 Å². The van der Waals surface area contributed by atoms with Crippen LogP contribution in [0.2, 0.25) is 0 Å². The van der Waals surface area contributed by atoms with Gasteiger partial charge in [-0.2, -0.15) is 0 Å². The summed E-state index contributed by atoms with van der Waals surface area (Å²) >= 11 is 0. The molecule has 0 fully saturated rings. The Labute approximate surface area is 250 Å². The van der Waals surface area contributed by atoms with Crippen molar-refractivity contribution in [1.82, 2.24) is 0 Å². The van der Waals surface area contributed by atoms with Crippen LogP contribution in [0.3, 0.4) is 0 Å². The molecule has 200 valence electrons. The van der Waals surface area contributed by atoms with Crippen molar-refractivity contribution < 1.29 is 0 Å². The Hall–Kier alpha value is -5.20. The van der Waals surface area contributed by atoms with Crippen LogP contribution in [-0.4, -0.2) is 0 Å². The van der Waals surface area contributed by atoms with Gasteiger partial charge in [-0.3, -0.25) is 0 Å². The molecule has 0 unspecified atom stereocenters. The topological polar surface area (TPSA) is 0 Å². The second-order valence-corrected chi connectivity index (χ2v) is 12.9. The van der Waals surface area contributed by atoms with Gasteiger partial charge in [-0.15, -0.1) is 0 Å². The molecule has 0 atom stereocenters. The van der Waals surface area contributed by atoms with Crippen LogP contribution in [0.5, 0.6) is 0 Å². The highest BCUT2D eigenvalue weighted by molar-refractivity contribution is 6.29. The van der Waals surface area contributed by atoms with Crippen molar-refractivity contribution in [2.45, 2.75) is 19.3 Å². The van der Waals surface area contributed by atoms with Crippen molar-refractivity contribution in [2.24, 2.45) is 0 Å². The number of benzene rings is 9. The summed E-state index contributed by atoms with van der Waals surface area (Å²) in [6.07, 6.45) is 0.